The van der Waals surface area contributed by atoms with Gasteiger partial charge in [-0.3, -0.25) is 0 Å². The summed E-state index contributed by atoms with van der Waals surface area (Å²) in [6.45, 7) is -1.14. The van der Waals surface area contributed by atoms with E-state index in [-0.39, 0.29) is 30.2 Å². The van der Waals surface area contributed by atoms with Crippen molar-refractivity contribution in [2.75, 3.05) is 31.3 Å². The fraction of sp³-hybridized carbons (Fsp3) is 0.241. The van der Waals surface area contributed by atoms with E-state index < -0.39 is 72.4 Å². The van der Waals surface area contributed by atoms with Crippen LogP contribution in [0.15, 0.2) is 60.7 Å². The van der Waals surface area contributed by atoms with Gasteiger partial charge in [0.15, 0.2) is 11.6 Å². The van der Waals surface area contributed by atoms with Crippen LogP contribution in [0.2, 0.25) is 0 Å². The average molecular weight is 631 g/mol. The van der Waals surface area contributed by atoms with E-state index in [1.807, 2.05) is 0 Å². The molecular formula is C29H25F7N2O6. The summed E-state index contributed by atoms with van der Waals surface area (Å²) in [5.74, 6) is -6.60. The minimum Gasteiger partial charge on any atom is -0.490 e. The van der Waals surface area contributed by atoms with Gasteiger partial charge in [0.2, 0.25) is 5.82 Å². The Balaban J connectivity index is 1.49. The van der Waals surface area contributed by atoms with Gasteiger partial charge in [-0.1, -0.05) is 12.1 Å². The van der Waals surface area contributed by atoms with Crippen molar-refractivity contribution >= 4 is 29.4 Å². The third-order valence-corrected chi connectivity index (χ3v) is 5.53. The van der Waals surface area contributed by atoms with Crippen molar-refractivity contribution in [3.05, 3.63) is 89.0 Å². The van der Waals surface area contributed by atoms with E-state index in [1.54, 1.807) is 0 Å². The number of alkyl halides is 5. The Morgan fingerprint density at radius 3 is 2.07 bits per heavy atom. The van der Waals surface area contributed by atoms with Gasteiger partial charge in [-0.05, 0) is 60.5 Å². The van der Waals surface area contributed by atoms with Crippen LogP contribution in [0.3, 0.4) is 0 Å². The Morgan fingerprint density at radius 2 is 1.43 bits per heavy atom. The highest BCUT2D eigenvalue weighted by molar-refractivity contribution is 5.91. The standard InChI is InChI=1S/C29H25F7N2O6/c30-25-22(7-8-23(26(25)31)41-11-1-10-28(32,33)34)29(35,36)44-21-5-2-17(3-6-21)4-9-24(39)42-12-13-43-27(40)18-14-19(37)16-20(38)15-18/h2-9,14-16H,1,10-13,37-38H2. The number of halogens is 7. The van der Waals surface area contributed by atoms with Crippen molar-refractivity contribution < 1.29 is 59.3 Å². The third-order valence-electron chi connectivity index (χ3n) is 5.53. The minimum absolute atomic E-state index is 0.125. The molecule has 3 aromatic rings. The van der Waals surface area contributed by atoms with Gasteiger partial charge in [0.25, 0.3) is 0 Å². The molecule has 0 unspecified atom stereocenters. The first kappa shape index (κ1) is 33.6. The Labute approximate surface area is 245 Å². The molecule has 0 spiro atoms. The molecule has 3 aromatic carbocycles. The number of nitrogens with two attached hydrogens (primary N) is 2. The van der Waals surface area contributed by atoms with E-state index in [1.165, 1.54) is 36.4 Å². The molecule has 0 fully saturated rings. The van der Waals surface area contributed by atoms with Crippen LogP contribution >= 0.6 is 0 Å². The summed E-state index contributed by atoms with van der Waals surface area (Å²) in [5.41, 5.74) is 10.8. The fourth-order valence-corrected chi connectivity index (χ4v) is 3.54. The van der Waals surface area contributed by atoms with Crippen molar-refractivity contribution in [1.82, 2.24) is 0 Å². The zero-order valence-corrected chi connectivity index (χ0v) is 22.6. The summed E-state index contributed by atoms with van der Waals surface area (Å²) in [5, 5.41) is 0. The molecule has 0 atom stereocenters. The fourth-order valence-electron chi connectivity index (χ4n) is 3.54. The summed E-state index contributed by atoms with van der Waals surface area (Å²) in [4.78, 5) is 23.9. The highest BCUT2D eigenvalue weighted by Crippen LogP contribution is 2.36. The van der Waals surface area contributed by atoms with Crippen LogP contribution in [-0.4, -0.2) is 37.9 Å². The molecule has 15 heteroatoms. The van der Waals surface area contributed by atoms with E-state index in [0.717, 1.165) is 18.2 Å². The Kier molecular flexibility index (Phi) is 11.0. The Morgan fingerprint density at radius 1 is 0.795 bits per heavy atom. The molecule has 0 aromatic heterocycles. The van der Waals surface area contributed by atoms with Crippen LogP contribution in [0.5, 0.6) is 11.5 Å². The monoisotopic (exact) mass is 630 g/mol. The van der Waals surface area contributed by atoms with Gasteiger partial charge in [0, 0.05) is 23.9 Å². The molecule has 0 saturated heterocycles. The zero-order chi connectivity index (χ0) is 32.5. The molecule has 0 aliphatic heterocycles. The number of carbonyl (C=O) groups excluding carboxylic acids is 2. The van der Waals surface area contributed by atoms with E-state index in [9.17, 15) is 40.3 Å². The lowest BCUT2D eigenvalue weighted by molar-refractivity contribution is -0.187. The van der Waals surface area contributed by atoms with Crippen LogP contribution in [0.1, 0.15) is 34.3 Å². The first-order valence-corrected chi connectivity index (χ1v) is 12.7. The molecule has 236 valence electrons. The first-order chi connectivity index (χ1) is 20.6. The van der Waals surface area contributed by atoms with Crippen LogP contribution in [0.4, 0.5) is 42.1 Å². The molecule has 8 nitrogen and oxygen atoms in total. The van der Waals surface area contributed by atoms with Gasteiger partial charge in [-0.15, -0.1) is 0 Å². The highest BCUT2D eigenvalue weighted by Gasteiger charge is 2.39. The second kappa shape index (κ2) is 14.5. The number of ether oxygens (including phenoxy) is 4. The second-order valence-electron chi connectivity index (χ2n) is 9.02. The first-order valence-electron chi connectivity index (χ1n) is 12.7. The maximum absolute atomic E-state index is 14.6. The molecule has 0 aliphatic carbocycles. The van der Waals surface area contributed by atoms with Gasteiger partial charge < -0.3 is 30.4 Å². The van der Waals surface area contributed by atoms with Crippen molar-refractivity contribution in [3.63, 3.8) is 0 Å². The molecular weight excluding hydrogens is 605 g/mol. The highest BCUT2D eigenvalue weighted by atomic mass is 19.4. The van der Waals surface area contributed by atoms with E-state index in [0.29, 0.717) is 17.7 Å². The second-order valence-corrected chi connectivity index (χ2v) is 9.02. The van der Waals surface area contributed by atoms with Gasteiger partial charge in [0.1, 0.15) is 24.5 Å². The SMILES string of the molecule is Nc1cc(N)cc(C(=O)OCCOC(=O)C=Cc2ccc(OC(F)(F)c3ccc(OCCCC(F)(F)F)c(F)c3F)cc2)c1. The Bertz CT molecular complexity index is 1470. The summed E-state index contributed by atoms with van der Waals surface area (Å²) < 4.78 is 114. The van der Waals surface area contributed by atoms with Crippen LogP contribution in [0, 0.1) is 11.6 Å². The molecule has 0 saturated carbocycles. The maximum Gasteiger partial charge on any atom is 0.429 e. The zero-order valence-electron chi connectivity index (χ0n) is 22.6. The normalized spacial score (nSPS) is 11.8. The summed E-state index contributed by atoms with van der Waals surface area (Å²) in [6, 6.07) is 10.1. The number of anilines is 2. The van der Waals surface area contributed by atoms with Crippen LogP contribution in [0.25, 0.3) is 6.08 Å². The smallest absolute Gasteiger partial charge is 0.429 e. The van der Waals surface area contributed by atoms with Gasteiger partial charge in [0.05, 0.1) is 12.2 Å². The number of carbonyl (C=O) groups is 2. The van der Waals surface area contributed by atoms with Crippen molar-refractivity contribution in [1.29, 1.82) is 0 Å². The van der Waals surface area contributed by atoms with Gasteiger partial charge in [-0.25, -0.2) is 14.0 Å². The molecule has 4 N–H and O–H groups in total. The summed E-state index contributed by atoms with van der Waals surface area (Å²) >= 11 is 0. The molecule has 3 rings (SSSR count). The van der Waals surface area contributed by atoms with Crippen LogP contribution in [-0.2, 0) is 20.4 Å². The van der Waals surface area contributed by atoms with Gasteiger partial charge >= 0.3 is 24.2 Å². The molecule has 0 bridgehead atoms. The number of nitrogen functional groups attached to an aromatic ring is 2. The number of hydrogen-bond acceptors (Lipinski definition) is 8. The molecule has 0 aliphatic rings. The van der Waals surface area contributed by atoms with E-state index in [4.69, 9.17) is 25.7 Å². The van der Waals surface area contributed by atoms with Crippen LogP contribution < -0.4 is 20.9 Å². The lowest BCUT2D eigenvalue weighted by Gasteiger charge is -2.20. The predicted octanol–water partition coefficient (Wildman–Crippen LogP) is 6.39. The lowest BCUT2D eigenvalue weighted by Crippen LogP contribution is -2.24. The lowest BCUT2D eigenvalue weighted by atomic mass is 10.1. The molecule has 0 radical (unpaired) electrons. The quantitative estimate of drug-likeness (QED) is 0.0733. The van der Waals surface area contributed by atoms with Crippen molar-refractivity contribution in [2.45, 2.75) is 25.1 Å². The topological polar surface area (TPSA) is 123 Å². The molecule has 0 amide bonds. The third kappa shape index (κ3) is 10.1. The summed E-state index contributed by atoms with van der Waals surface area (Å²) in [6.07, 6.45) is -8.26. The maximum atomic E-state index is 14.6. The summed E-state index contributed by atoms with van der Waals surface area (Å²) in [7, 11) is 0. The van der Waals surface area contributed by atoms with Crippen molar-refractivity contribution in [2.24, 2.45) is 0 Å². The Hall–Kier alpha value is -4.95. The molecule has 44 heavy (non-hydrogen) atoms. The number of hydrogen-bond donors (Lipinski definition) is 2. The average Bonchev–Trinajstić information content (AvgIpc) is 2.93. The molecule has 0 heterocycles. The van der Waals surface area contributed by atoms with Crippen molar-refractivity contribution in [3.8, 4) is 11.5 Å². The number of rotatable bonds is 13. The van der Waals surface area contributed by atoms with E-state index in [2.05, 4.69) is 4.74 Å². The number of esters is 2. The predicted molar refractivity (Wildman–Crippen MR) is 144 cm³/mol. The van der Waals surface area contributed by atoms with E-state index >= 15 is 0 Å². The largest absolute Gasteiger partial charge is 0.490 e. The van der Waals surface area contributed by atoms with Gasteiger partial charge in [-0.2, -0.15) is 26.3 Å². The number of benzene rings is 3. The minimum atomic E-state index is -4.47.